The summed E-state index contributed by atoms with van der Waals surface area (Å²) in [5.74, 6) is 0.370. The number of pyridine rings is 1. The van der Waals surface area contributed by atoms with Crippen molar-refractivity contribution in [1.29, 1.82) is 0 Å². The zero-order valence-electron chi connectivity index (χ0n) is 14.1. The fourth-order valence-corrected chi connectivity index (χ4v) is 4.55. The predicted octanol–water partition coefficient (Wildman–Crippen LogP) is 2.88. The Hall–Kier alpha value is -0.750. The summed E-state index contributed by atoms with van der Waals surface area (Å²) < 4.78 is 0.238. The highest BCUT2D eigenvalue weighted by Gasteiger charge is 2.44. The van der Waals surface area contributed by atoms with Crippen LogP contribution < -0.4 is 10.9 Å². The molecule has 3 rings (SSSR count). The van der Waals surface area contributed by atoms with Crippen molar-refractivity contribution in [2.45, 2.75) is 48.6 Å². The predicted molar refractivity (Wildman–Crippen MR) is 100 cm³/mol. The number of likely N-dealkylation sites (tertiary alicyclic amines) is 1. The van der Waals surface area contributed by atoms with Crippen LogP contribution in [0.3, 0.4) is 0 Å². The zero-order chi connectivity index (χ0) is 18.2. The largest absolute Gasteiger partial charge is 0.337 e. The number of fused-ring (bicyclic) bond motifs is 4. The first kappa shape index (κ1) is 19.0. The molecule has 1 N–H and O–H groups in total. The lowest BCUT2D eigenvalue weighted by molar-refractivity contribution is -0.123. The van der Waals surface area contributed by atoms with Crippen LogP contribution in [0.5, 0.6) is 0 Å². The molecule has 25 heavy (non-hydrogen) atoms. The van der Waals surface area contributed by atoms with Gasteiger partial charge in [0.05, 0.1) is 0 Å². The number of halogens is 3. The average Bonchev–Trinajstić information content (AvgIpc) is 2.53. The lowest BCUT2D eigenvalue weighted by Gasteiger charge is -2.47. The molecular formula is C17H22Cl3N3O2. The Morgan fingerprint density at radius 1 is 1.32 bits per heavy atom. The molecule has 138 valence electrons. The molecule has 1 saturated heterocycles. The smallest absolute Gasteiger partial charge is 0.250 e. The average molecular weight is 407 g/mol. The first-order valence-corrected chi connectivity index (χ1v) is 9.73. The van der Waals surface area contributed by atoms with Crippen LogP contribution in [-0.2, 0) is 11.3 Å². The van der Waals surface area contributed by atoms with E-state index in [4.69, 9.17) is 34.8 Å². The number of hydrogen-bond donors (Lipinski definition) is 1. The summed E-state index contributed by atoms with van der Waals surface area (Å²) in [5.41, 5.74) is 1.06. The van der Waals surface area contributed by atoms with E-state index in [1.165, 1.54) is 0 Å². The summed E-state index contributed by atoms with van der Waals surface area (Å²) in [6, 6.07) is 5.38. The van der Waals surface area contributed by atoms with E-state index in [2.05, 4.69) is 5.32 Å². The molecule has 1 amide bonds. The van der Waals surface area contributed by atoms with Crippen LogP contribution in [0, 0.1) is 5.92 Å². The van der Waals surface area contributed by atoms with Gasteiger partial charge in [-0.25, -0.2) is 0 Å². The minimum atomic E-state index is -1.62. The molecule has 2 aliphatic rings. The third-order valence-electron chi connectivity index (χ3n) is 4.96. The van der Waals surface area contributed by atoms with Gasteiger partial charge in [0.1, 0.15) is 6.17 Å². The summed E-state index contributed by atoms with van der Waals surface area (Å²) in [4.78, 5) is 26.2. The summed E-state index contributed by atoms with van der Waals surface area (Å²) >= 11 is 18.5. The number of alkyl halides is 3. The zero-order valence-corrected chi connectivity index (χ0v) is 16.3. The van der Waals surface area contributed by atoms with Crippen LogP contribution >= 0.6 is 34.8 Å². The van der Waals surface area contributed by atoms with Gasteiger partial charge in [0, 0.05) is 43.7 Å². The van der Waals surface area contributed by atoms with Crippen molar-refractivity contribution in [3.05, 3.63) is 34.2 Å². The van der Waals surface area contributed by atoms with Gasteiger partial charge in [-0.3, -0.25) is 14.5 Å². The van der Waals surface area contributed by atoms with Crippen molar-refractivity contribution in [1.82, 2.24) is 14.8 Å². The maximum atomic E-state index is 12.1. The van der Waals surface area contributed by atoms with Crippen molar-refractivity contribution < 1.29 is 4.79 Å². The van der Waals surface area contributed by atoms with Gasteiger partial charge in [0.15, 0.2) is 0 Å². The maximum absolute atomic E-state index is 12.1. The van der Waals surface area contributed by atoms with Gasteiger partial charge in [0.25, 0.3) is 5.56 Å². The van der Waals surface area contributed by atoms with Crippen LogP contribution in [0.1, 0.15) is 37.8 Å². The normalized spacial score (nSPS) is 24.5. The third kappa shape index (κ3) is 4.16. The number of aromatic nitrogens is 1. The summed E-state index contributed by atoms with van der Waals surface area (Å²) in [6.45, 7) is 3.93. The lowest BCUT2D eigenvalue weighted by atomic mass is 9.83. The molecule has 2 bridgehead atoms. The van der Waals surface area contributed by atoms with Crippen molar-refractivity contribution in [3.8, 4) is 0 Å². The number of carbonyl (C=O) groups is 1. The molecule has 0 aliphatic carbocycles. The van der Waals surface area contributed by atoms with Gasteiger partial charge in [-0.05, 0) is 24.8 Å². The van der Waals surface area contributed by atoms with Crippen LogP contribution in [0.25, 0.3) is 0 Å². The van der Waals surface area contributed by atoms with Gasteiger partial charge in [-0.2, -0.15) is 0 Å². The molecule has 1 fully saturated rings. The molecule has 0 spiro atoms. The van der Waals surface area contributed by atoms with E-state index in [0.29, 0.717) is 32.0 Å². The van der Waals surface area contributed by atoms with Gasteiger partial charge in [-0.1, -0.05) is 47.8 Å². The first-order chi connectivity index (χ1) is 11.8. The number of hydrogen-bond acceptors (Lipinski definition) is 3. The molecule has 1 aromatic rings. The Balaban J connectivity index is 1.84. The highest BCUT2D eigenvalue weighted by atomic mass is 35.6. The van der Waals surface area contributed by atoms with Crippen LogP contribution in [-0.4, -0.2) is 38.4 Å². The highest BCUT2D eigenvalue weighted by Crippen LogP contribution is 2.39. The Bertz CT molecular complexity index is 701. The lowest BCUT2D eigenvalue weighted by Crippen LogP contribution is -2.60. The number of carbonyl (C=O) groups excluding carboxylic acids is 1. The van der Waals surface area contributed by atoms with E-state index in [9.17, 15) is 9.59 Å². The van der Waals surface area contributed by atoms with Gasteiger partial charge >= 0.3 is 0 Å². The molecule has 8 heteroatoms. The molecule has 5 nitrogen and oxygen atoms in total. The molecular weight excluding hydrogens is 385 g/mol. The number of rotatable bonds is 4. The summed E-state index contributed by atoms with van der Waals surface area (Å²) in [5, 5.41) is 2.87. The van der Waals surface area contributed by atoms with Crippen LogP contribution in [0.4, 0.5) is 0 Å². The molecule has 0 radical (unpaired) electrons. The monoisotopic (exact) mass is 405 g/mol. The quantitative estimate of drug-likeness (QED) is 0.782. The maximum Gasteiger partial charge on any atom is 0.250 e. The van der Waals surface area contributed by atoms with E-state index < -0.39 is 9.96 Å². The van der Waals surface area contributed by atoms with Crippen molar-refractivity contribution in [2.24, 2.45) is 5.92 Å². The van der Waals surface area contributed by atoms with Crippen molar-refractivity contribution in [2.75, 3.05) is 13.1 Å². The molecule has 0 aromatic carbocycles. The fraction of sp³-hybridized carbons (Fsp3) is 0.647. The molecule has 3 heterocycles. The molecule has 0 unspecified atom stereocenters. The van der Waals surface area contributed by atoms with Crippen LogP contribution in [0.2, 0.25) is 0 Å². The second kappa shape index (κ2) is 7.47. The number of piperidine rings is 1. The van der Waals surface area contributed by atoms with Crippen molar-refractivity contribution >= 4 is 40.7 Å². The van der Waals surface area contributed by atoms with E-state index >= 15 is 0 Å². The molecule has 2 aliphatic heterocycles. The second-order valence-corrected chi connectivity index (χ2v) is 9.28. The van der Waals surface area contributed by atoms with E-state index in [1.54, 1.807) is 12.1 Å². The Morgan fingerprint density at radius 2 is 2.08 bits per heavy atom. The fourth-order valence-electron chi connectivity index (χ4n) is 3.98. The minimum Gasteiger partial charge on any atom is -0.337 e. The van der Waals surface area contributed by atoms with Crippen molar-refractivity contribution in [3.63, 3.8) is 0 Å². The number of nitrogens with zero attached hydrogens (tertiary/aromatic N) is 2. The highest BCUT2D eigenvalue weighted by molar-refractivity contribution is 6.68. The minimum absolute atomic E-state index is 0.0369. The number of nitrogens with one attached hydrogen (secondary N) is 1. The van der Waals surface area contributed by atoms with Gasteiger partial charge in [0.2, 0.25) is 9.70 Å². The SMILES string of the molecule is CCCC(=O)N[C@H](N1C[C@@H]2C[C@@H](C1)c1cccc(=O)n1C2)C(Cl)(Cl)Cl. The van der Waals surface area contributed by atoms with E-state index in [0.717, 1.165) is 18.5 Å². The molecule has 0 saturated carbocycles. The molecule has 3 atom stereocenters. The van der Waals surface area contributed by atoms with Gasteiger partial charge in [-0.15, -0.1) is 0 Å². The second-order valence-electron chi connectivity index (χ2n) is 6.91. The topological polar surface area (TPSA) is 54.3 Å². The third-order valence-corrected chi connectivity index (χ3v) is 5.58. The van der Waals surface area contributed by atoms with E-state index in [1.807, 2.05) is 22.5 Å². The van der Waals surface area contributed by atoms with E-state index in [-0.39, 0.29) is 17.4 Å². The van der Waals surface area contributed by atoms with Gasteiger partial charge < -0.3 is 9.88 Å². The summed E-state index contributed by atoms with van der Waals surface area (Å²) in [6.07, 6.45) is 1.47. The van der Waals surface area contributed by atoms with Crippen LogP contribution in [0.15, 0.2) is 23.0 Å². The Kier molecular flexibility index (Phi) is 5.69. The summed E-state index contributed by atoms with van der Waals surface area (Å²) in [7, 11) is 0. The molecule has 1 aromatic heterocycles. The number of amides is 1. The first-order valence-electron chi connectivity index (χ1n) is 8.59. The Morgan fingerprint density at radius 3 is 2.76 bits per heavy atom. The standard InChI is InChI=1S/C17H22Cl3N3O2/c1-2-4-14(24)21-16(17(18,19)20)22-8-11-7-12(10-22)13-5-3-6-15(25)23(13)9-11/h3,5-6,11-12,16H,2,4,7-10H2,1H3,(H,21,24)/t11-,12-,16+/m0/s1. The Labute approximate surface area is 162 Å².